The molecule has 0 aliphatic rings. The zero-order valence-corrected chi connectivity index (χ0v) is 32.0. The molecular formula is C40H32N2O10S3. The first kappa shape index (κ1) is 38.6. The van der Waals surface area contributed by atoms with Gasteiger partial charge < -0.3 is 28.4 Å². The van der Waals surface area contributed by atoms with Gasteiger partial charge in [0.05, 0.1) is 34.0 Å². The van der Waals surface area contributed by atoms with Crippen molar-refractivity contribution in [3.63, 3.8) is 0 Å². The van der Waals surface area contributed by atoms with Gasteiger partial charge in [-0.05, 0) is 85.3 Å². The van der Waals surface area contributed by atoms with Crippen LogP contribution < -0.4 is 9.47 Å². The van der Waals surface area contributed by atoms with Crippen LogP contribution in [0.1, 0.15) is 34.6 Å². The fraction of sp³-hybridized carbons (Fsp3) is 0.150. The first-order valence-corrected chi connectivity index (χ1v) is 19.0. The van der Waals surface area contributed by atoms with Crippen molar-refractivity contribution in [2.24, 2.45) is 0 Å². The molecule has 0 atom stereocenters. The highest BCUT2D eigenvalue weighted by Crippen LogP contribution is 2.54. The topological polar surface area (TPSA) is 149 Å². The minimum atomic E-state index is -0.602. The van der Waals surface area contributed by atoms with E-state index in [0.29, 0.717) is 45.2 Å². The van der Waals surface area contributed by atoms with E-state index in [1.54, 1.807) is 48.5 Å². The molecule has 0 spiro atoms. The number of rotatable bonds is 16. The number of benzene rings is 3. The van der Waals surface area contributed by atoms with Crippen LogP contribution in [0.2, 0.25) is 0 Å². The molecule has 0 aliphatic carbocycles. The average Bonchev–Trinajstić information content (AvgIpc) is 4.00. The Bertz CT molecular complexity index is 2180. The summed E-state index contributed by atoms with van der Waals surface area (Å²) in [4.78, 5) is 50.4. The Morgan fingerprint density at radius 3 is 1.29 bits per heavy atom. The number of thiophene rings is 2. The number of hydrogen-bond donors (Lipinski definition) is 0. The quantitative estimate of drug-likeness (QED) is 0.0398. The number of esters is 4. The highest BCUT2D eigenvalue weighted by Gasteiger charge is 2.29. The monoisotopic (exact) mass is 796 g/mol. The lowest BCUT2D eigenvalue weighted by molar-refractivity contribution is -0.140. The maximum absolute atomic E-state index is 12.7. The SMILES string of the molecule is C=C(C)C(=O)OCCOC(=O)c1ccc(Oc2c(Oc3ccc(C(=O)OCCOC(=O)C(=C)C)cc3)c(-c3cccs3)c3nsnc3c2-c2cccs2)cc1. The Labute approximate surface area is 327 Å². The summed E-state index contributed by atoms with van der Waals surface area (Å²) in [5.41, 5.74) is 3.59. The van der Waals surface area contributed by atoms with E-state index in [9.17, 15) is 19.2 Å². The van der Waals surface area contributed by atoms with Gasteiger partial charge in [0.1, 0.15) is 49.0 Å². The minimum Gasteiger partial charge on any atom is -0.459 e. The van der Waals surface area contributed by atoms with Crippen LogP contribution in [-0.4, -0.2) is 59.1 Å². The molecule has 0 aliphatic heterocycles. The van der Waals surface area contributed by atoms with Crippen molar-refractivity contribution in [3.8, 4) is 43.9 Å². The standard InChI is InChI=1S/C40H32N2O10S3/c1-23(2)37(43)47-17-19-49-39(45)25-9-13-27(14-10-25)51-35-31(29-7-5-21-53-29)33-34(42-55-41-33)32(30-8-6-22-54-30)36(35)52-28-15-11-26(12-16-28)40(46)50-20-18-48-38(44)24(3)4/h5-16,21-22H,1,3,17-20H2,2,4H3. The molecule has 3 aromatic heterocycles. The minimum absolute atomic E-state index is 0.102. The van der Waals surface area contributed by atoms with Gasteiger partial charge in [0.15, 0.2) is 11.5 Å². The summed E-state index contributed by atoms with van der Waals surface area (Å²) in [6.45, 7) is 9.65. The van der Waals surface area contributed by atoms with Crippen molar-refractivity contribution < 1.29 is 47.6 Å². The molecule has 15 heteroatoms. The van der Waals surface area contributed by atoms with Crippen LogP contribution in [0.15, 0.2) is 108 Å². The molecule has 0 saturated carbocycles. The van der Waals surface area contributed by atoms with Crippen LogP contribution in [0.5, 0.6) is 23.0 Å². The van der Waals surface area contributed by atoms with Gasteiger partial charge in [-0.15, -0.1) is 22.7 Å². The third kappa shape index (κ3) is 9.32. The number of aromatic nitrogens is 2. The lowest BCUT2D eigenvalue weighted by Gasteiger charge is -2.20. The van der Waals surface area contributed by atoms with E-state index in [1.165, 1.54) is 36.5 Å². The number of ether oxygens (including phenoxy) is 6. The predicted molar refractivity (Wildman–Crippen MR) is 209 cm³/mol. The first-order chi connectivity index (χ1) is 26.6. The smallest absolute Gasteiger partial charge is 0.338 e. The van der Waals surface area contributed by atoms with E-state index in [0.717, 1.165) is 21.5 Å². The molecule has 12 nitrogen and oxygen atoms in total. The van der Waals surface area contributed by atoms with Gasteiger partial charge in [-0.2, -0.15) is 8.75 Å². The summed E-state index contributed by atoms with van der Waals surface area (Å²) in [6, 6.07) is 20.5. The highest BCUT2D eigenvalue weighted by molar-refractivity contribution is 7.14. The summed E-state index contributed by atoms with van der Waals surface area (Å²) in [5, 5.41) is 3.89. The van der Waals surface area contributed by atoms with Gasteiger partial charge in [0.25, 0.3) is 0 Å². The van der Waals surface area contributed by atoms with Gasteiger partial charge in [-0.25, -0.2) is 19.2 Å². The normalized spacial score (nSPS) is 10.7. The molecule has 0 saturated heterocycles. The van der Waals surface area contributed by atoms with E-state index in [2.05, 4.69) is 13.2 Å². The van der Waals surface area contributed by atoms with Crippen molar-refractivity contribution >= 4 is 69.3 Å². The molecule has 6 rings (SSSR count). The second-order valence-electron chi connectivity index (χ2n) is 11.7. The van der Waals surface area contributed by atoms with E-state index >= 15 is 0 Å². The molecule has 6 aromatic rings. The second kappa shape index (κ2) is 17.8. The molecular weight excluding hydrogens is 765 g/mol. The van der Waals surface area contributed by atoms with E-state index in [4.69, 9.17) is 37.2 Å². The van der Waals surface area contributed by atoms with Crippen LogP contribution in [0.3, 0.4) is 0 Å². The largest absolute Gasteiger partial charge is 0.459 e. The van der Waals surface area contributed by atoms with Crippen molar-refractivity contribution in [2.75, 3.05) is 26.4 Å². The van der Waals surface area contributed by atoms with Crippen LogP contribution >= 0.6 is 34.4 Å². The predicted octanol–water partition coefficient (Wildman–Crippen LogP) is 9.29. The summed E-state index contributed by atoms with van der Waals surface area (Å²) < 4.78 is 43.2. The van der Waals surface area contributed by atoms with Crippen LogP contribution in [0, 0.1) is 0 Å². The molecule has 0 fully saturated rings. The van der Waals surface area contributed by atoms with Gasteiger partial charge in [0, 0.05) is 20.9 Å². The Morgan fingerprint density at radius 1 is 0.564 bits per heavy atom. The summed E-state index contributed by atoms with van der Waals surface area (Å²) in [7, 11) is 0. The van der Waals surface area contributed by atoms with E-state index in [-0.39, 0.29) is 48.7 Å². The summed E-state index contributed by atoms with van der Waals surface area (Å²) in [5.74, 6) is -0.842. The molecule has 3 heterocycles. The van der Waals surface area contributed by atoms with Crippen molar-refractivity contribution in [1.29, 1.82) is 0 Å². The van der Waals surface area contributed by atoms with Crippen LogP contribution in [-0.2, 0) is 28.5 Å². The Balaban J connectivity index is 1.31. The highest BCUT2D eigenvalue weighted by atomic mass is 32.1. The second-order valence-corrected chi connectivity index (χ2v) is 14.1. The molecule has 0 unspecified atom stereocenters. The maximum Gasteiger partial charge on any atom is 0.338 e. The van der Waals surface area contributed by atoms with Crippen molar-refractivity contribution in [3.05, 3.63) is 119 Å². The summed E-state index contributed by atoms with van der Waals surface area (Å²) >= 11 is 4.06. The van der Waals surface area contributed by atoms with Crippen molar-refractivity contribution in [2.45, 2.75) is 13.8 Å². The fourth-order valence-corrected chi connectivity index (χ4v) is 7.05. The number of nitrogens with zero attached hydrogens (tertiary/aromatic N) is 2. The number of fused-ring (bicyclic) bond motifs is 1. The summed E-state index contributed by atoms with van der Waals surface area (Å²) in [6.07, 6.45) is 0. The average molecular weight is 797 g/mol. The molecule has 280 valence electrons. The zero-order valence-electron chi connectivity index (χ0n) is 29.5. The number of carbonyl (C=O) groups excluding carboxylic acids is 4. The molecule has 55 heavy (non-hydrogen) atoms. The van der Waals surface area contributed by atoms with E-state index < -0.39 is 23.9 Å². The number of hydrogen-bond acceptors (Lipinski definition) is 15. The Morgan fingerprint density at radius 2 is 0.945 bits per heavy atom. The number of carbonyl (C=O) groups is 4. The molecule has 3 aromatic carbocycles. The van der Waals surface area contributed by atoms with Gasteiger partial charge >= 0.3 is 23.9 Å². The maximum atomic E-state index is 12.7. The molecule has 0 bridgehead atoms. The Hall–Kier alpha value is -6.16. The van der Waals surface area contributed by atoms with Gasteiger partial charge in [-0.1, -0.05) is 25.3 Å². The van der Waals surface area contributed by atoms with E-state index in [1.807, 2.05) is 35.0 Å². The third-order valence-corrected chi connectivity index (χ3v) is 9.88. The lowest BCUT2D eigenvalue weighted by Crippen LogP contribution is -2.14. The van der Waals surface area contributed by atoms with Crippen LogP contribution in [0.25, 0.3) is 31.9 Å². The molecule has 0 radical (unpaired) electrons. The zero-order chi connectivity index (χ0) is 38.9. The van der Waals surface area contributed by atoms with Gasteiger partial charge in [-0.3, -0.25) is 0 Å². The Kier molecular flexibility index (Phi) is 12.5. The fourth-order valence-electron chi connectivity index (χ4n) is 4.96. The van der Waals surface area contributed by atoms with Crippen molar-refractivity contribution in [1.82, 2.24) is 8.75 Å². The first-order valence-electron chi connectivity index (χ1n) is 16.6. The van der Waals surface area contributed by atoms with Crippen LogP contribution in [0.4, 0.5) is 0 Å². The third-order valence-electron chi connectivity index (χ3n) is 7.57. The molecule has 0 amide bonds. The lowest BCUT2D eigenvalue weighted by atomic mass is 10.0. The van der Waals surface area contributed by atoms with Gasteiger partial charge in [0.2, 0.25) is 0 Å². The molecule has 0 N–H and O–H groups in total.